The molecule has 1 aromatic carbocycles. The fraction of sp³-hybridized carbons (Fsp3) is 0.0833. The van der Waals surface area contributed by atoms with Gasteiger partial charge in [0.25, 0.3) is 10.0 Å². The van der Waals surface area contributed by atoms with Crippen molar-refractivity contribution in [1.82, 2.24) is 0 Å². The smallest absolute Gasteiger partial charge is 0.335 e. The first-order valence-electron chi connectivity index (χ1n) is 5.65. The summed E-state index contributed by atoms with van der Waals surface area (Å²) in [5.41, 5.74) is -0.118. The van der Waals surface area contributed by atoms with E-state index in [9.17, 15) is 17.6 Å². The summed E-state index contributed by atoms with van der Waals surface area (Å²) in [5, 5.41) is 15.9. The van der Waals surface area contributed by atoms with Crippen LogP contribution in [-0.4, -0.2) is 19.5 Å². The first-order chi connectivity index (χ1) is 9.77. The minimum atomic E-state index is -3.94. The number of carbonyl (C=O) groups is 1. The number of sulfonamides is 1. The lowest BCUT2D eigenvalue weighted by molar-refractivity contribution is 0.0697. The van der Waals surface area contributed by atoms with E-state index in [1.807, 2.05) is 0 Å². The summed E-state index contributed by atoms with van der Waals surface area (Å²) in [7, 11) is -3.94. The maximum Gasteiger partial charge on any atom is 0.335 e. The van der Waals surface area contributed by atoms with Crippen molar-refractivity contribution in [3.05, 3.63) is 47.5 Å². The van der Waals surface area contributed by atoms with Gasteiger partial charge in [0.1, 0.15) is 11.6 Å². The zero-order valence-corrected chi connectivity index (χ0v) is 11.4. The van der Waals surface area contributed by atoms with E-state index in [4.69, 9.17) is 14.7 Å². The number of anilines is 1. The molecule has 2 aromatic rings. The second-order valence-corrected chi connectivity index (χ2v) is 5.61. The molecular weight excluding hydrogens is 303 g/mol. The second-order valence-electron chi connectivity index (χ2n) is 4.12. The van der Waals surface area contributed by atoms with E-state index in [2.05, 4.69) is 5.32 Å². The Labute approximate surface area is 119 Å². The molecule has 0 saturated carbocycles. The SMILES string of the molecule is NS(=O)(=O)c1ccc(CNc2cc(C(=O)O)ccc2F)o1. The van der Waals surface area contributed by atoms with Gasteiger partial charge in [0.2, 0.25) is 5.09 Å². The minimum absolute atomic E-state index is 0.0322. The Kier molecular flexibility index (Phi) is 3.96. The van der Waals surface area contributed by atoms with Gasteiger partial charge in [-0.3, -0.25) is 0 Å². The summed E-state index contributed by atoms with van der Waals surface area (Å²) in [6, 6.07) is 5.82. The lowest BCUT2D eigenvalue weighted by atomic mass is 10.2. The maximum atomic E-state index is 13.5. The molecule has 0 unspecified atom stereocenters. The number of nitrogens with two attached hydrogens (primary N) is 1. The Hall–Kier alpha value is -2.39. The van der Waals surface area contributed by atoms with Crippen LogP contribution in [0.2, 0.25) is 0 Å². The Morgan fingerprint density at radius 2 is 2.05 bits per heavy atom. The number of hydrogen-bond donors (Lipinski definition) is 3. The van der Waals surface area contributed by atoms with Crippen molar-refractivity contribution in [2.75, 3.05) is 5.32 Å². The standard InChI is InChI=1S/C12H11FN2O5S/c13-9-3-1-7(12(16)17)5-10(9)15-6-8-2-4-11(20-8)21(14,18)19/h1-5,15H,6H2,(H,16,17)(H2,14,18,19). The third-order valence-electron chi connectivity index (χ3n) is 2.58. The molecule has 1 aromatic heterocycles. The van der Waals surface area contributed by atoms with E-state index in [0.29, 0.717) is 0 Å². The molecule has 21 heavy (non-hydrogen) atoms. The highest BCUT2D eigenvalue weighted by atomic mass is 32.2. The van der Waals surface area contributed by atoms with Crippen LogP contribution in [0.5, 0.6) is 0 Å². The highest BCUT2D eigenvalue weighted by molar-refractivity contribution is 7.89. The van der Waals surface area contributed by atoms with Crippen LogP contribution in [-0.2, 0) is 16.6 Å². The molecule has 0 aliphatic heterocycles. The predicted octanol–water partition coefficient (Wildman–Crippen LogP) is 1.38. The number of carboxylic acid groups (broad SMARTS) is 1. The maximum absolute atomic E-state index is 13.5. The van der Waals surface area contributed by atoms with Crippen molar-refractivity contribution in [3.8, 4) is 0 Å². The summed E-state index contributed by atoms with van der Waals surface area (Å²) in [5.74, 6) is -1.62. The second kappa shape index (κ2) is 5.54. The lowest BCUT2D eigenvalue weighted by Crippen LogP contribution is -2.10. The third kappa shape index (κ3) is 3.58. The summed E-state index contributed by atoms with van der Waals surface area (Å²) >= 11 is 0. The van der Waals surface area contributed by atoms with E-state index >= 15 is 0 Å². The highest BCUT2D eigenvalue weighted by Gasteiger charge is 2.14. The molecule has 4 N–H and O–H groups in total. The molecule has 0 bridgehead atoms. The van der Waals surface area contributed by atoms with Gasteiger partial charge in [-0.1, -0.05) is 0 Å². The average molecular weight is 314 g/mol. The van der Waals surface area contributed by atoms with Gasteiger partial charge < -0.3 is 14.8 Å². The molecule has 0 fully saturated rings. The molecule has 1 heterocycles. The highest BCUT2D eigenvalue weighted by Crippen LogP contribution is 2.19. The lowest BCUT2D eigenvalue weighted by Gasteiger charge is -2.06. The molecule has 9 heteroatoms. The van der Waals surface area contributed by atoms with E-state index in [1.165, 1.54) is 12.1 Å². The molecule has 7 nitrogen and oxygen atoms in total. The summed E-state index contributed by atoms with van der Waals surface area (Å²) in [6.45, 7) is -0.0322. The normalized spacial score (nSPS) is 11.3. The molecular formula is C12H11FN2O5S. The third-order valence-corrected chi connectivity index (χ3v) is 3.36. The van der Waals surface area contributed by atoms with Crippen LogP contribution in [0.25, 0.3) is 0 Å². The van der Waals surface area contributed by atoms with Gasteiger partial charge in [0, 0.05) is 0 Å². The van der Waals surface area contributed by atoms with Crippen molar-refractivity contribution in [1.29, 1.82) is 0 Å². The summed E-state index contributed by atoms with van der Waals surface area (Å²) < 4.78 is 40.6. The number of rotatable bonds is 5. The number of carboxylic acids is 1. The number of aromatic carboxylic acids is 1. The summed E-state index contributed by atoms with van der Waals surface area (Å²) in [6.07, 6.45) is 0. The van der Waals surface area contributed by atoms with Gasteiger partial charge >= 0.3 is 5.97 Å². The number of halogens is 1. The van der Waals surface area contributed by atoms with Crippen LogP contribution in [0.1, 0.15) is 16.1 Å². The molecule has 0 atom stereocenters. The predicted molar refractivity (Wildman–Crippen MR) is 70.8 cm³/mol. The first kappa shape index (κ1) is 15.0. The fourth-order valence-electron chi connectivity index (χ4n) is 1.58. The van der Waals surface area contributed by atoms with E-state index in [1.54, 1.807) is 0 Å². The van der Waals surface area contributed by atoms with Crippen molar-refractivity contribution >= 4 is 21.7 Å². The zero-order chi connectivity index (χ0) is 15.6. The van der Waals surface area contributed by atoms with E-state index < -0.39 is 26.9 Å². The quantitative estimate of drug-likeness (QED) is 0.766. The van der Waals surface area contributed by atoms with E-state index in [0.717, 1.165) is 18.2 Å². The molecule has 0 saturated heterocycles. The van der Waals surface area contributed by atoms with Crippen LogP contribution in [0.15, 0.2) is 39.8 Å². The number of primary sulfonamides is 1. The van der Waals surface area contributed by atoms with Gasteiger partial charge in [0.15, 0.2) is 0 Å². The minimum Gasteiger partial charge on any atom is -0.478 e. The molecule has 112 valence electrons. The fourth-order valence-corrected chi connectivity index (χ4v) is 2.06. The molecule has 0 aliphatic carbocycles. The number of furan rings is 1. The van der Waals surface area contributed by atoms with Crippen molar-refractivity contribution in [2.45, 2.75) is 11.6 Å². The molecule has 2 rings (SSSR count). The molecule has 0 spiro atoms. The van der Waals surface area contributed by atoms with Crippen LogP contribution < -0.4 is 10.5 Å². The molecule has 0 amide bonds. The van der Waals surface area contributed by atoms with Gasteiger partial charge in [0.05, 0.1) is 17.8 Å². The number of hydrogen-bond acceptors (Lipinski definition) is 5. The Morgan fingerprint density at radius 3 is 2.62 bits per heavy atom. The number of benzene rings is 1. The topological polar surface area (TPSA) is 123 Å². The average Bonchev–Trinajstić information content (AvgIpc) is 2.86. The van der Waals surface area contributed by atoms with Crippen LogP contribution in [0.3, 0.4) is 0 Å². The molecule has 0 aliphatic rings. The summed E-state index contributed by atoms with van der Waals surface area (Å²) in [4.78, 5) is 10.8. The monoisotopic (exact) mass is 314 g/mol. The van der Waals surface area contributed by atoms with Gasteiger partial charge in [-0.05, 0) is 30.3 Å². The van der Waals surface area contributed by atoms with Gasteiger partial charge in [-0.15, -0.1) is 0 Å². The van der Waals surface area contributed by atoms with Gasteiger partial charge in [-0.25, -0.2) is 22.7 Å². The molecule has 0 radical (unpaired) electrons. The van der Waals surface area contributed by atoms with E-state index in [-0.39, 0.29) is 23.6 Å². The van der Waals surface area contributed by atoms with Crippen molar-refractivity contribution in [2.24, 2.45) is 5.14 Å². The van der Waals surface area contributed by atoms with Crippen LogP contribution in [0, 0.1) is 5.82 Å². The largest absolute Gasteiger partial charge is 0.478 e. The first-order valence-corrected chi connectivity index (χ1v) is 7.20. The van der Waals surface area contributed by atoms with Crippen molar-refractivity contribution < 1.29 is 27.1 Å². The van der Waals surface area contributed by atoms with Gasteiger partial charge in [-0.2, -0.15) is 0 Å². The van der Waals surface area contributed by atoms with Crippen molar-refractivity contribution in [3.63, 3.8) is 0 Å². The Balaban J connectivity index is 2.15. The Bertz CT molecular complexity index is 785. The number of nitrogens with one attached hydrogen (secondary N) is 1. The van der Waals surface area contributed by atoms with Crippen LogP contribution in [0.4, 0.5) is 10.1 Å². The Morgan fingerprint density at radius 1 is 1.33 bits per heavy atom. The zero-order valence-electron chi connectivity index (χ0n) is 10.5. The van der Waals surface area contributed by atoms with Crippen LogP contribution >= 0.6 is 0 Å².